The third-order valence-corrected chi connectivity index (χ3v) is 4.76. The van der Waals surface area contributed by atoms with Gasteiger partial charge in [-0.05, 0) is 58.2 Å². The Bertz CT molecular complexity index is 820. The predicted octanol–water partition coefficient (Wildman–Crippen LogP) is 3.17. The number of aromatic nitrogens is 2. The molecule has 0 saturated heterocycles. The van der Waals surface area contributed by atoms with Crippen LogP contribution in [0.3, 0.4) is 0 Å². The lowest BCUT2D eigenvalue weighted by atomic mass is 9.92. The van der Waals surface area contributed by atoms with Gasteiger partial charge in [-0.15, -0.1) is 0 Å². The molecule has 2 aromatic rings. The molecular formula is C19H23N3O3. The van der Waals surface area contributed by atoms with Crippen LogP contribution in [0.4, 0.5) is 0 Å². The van der Waals surface area contributed by atoms with Gasteiger partial charge in [0.25, 0.3) is 5.91 Å². The van der Waals surface area contributed by atoms with E-state index in [4.69, 9.17) is 9.47 Å². The van der Waals surface area contributed by atoms with Crippen LogP contribution in [0.25, 0.3) is 0 Å². The van der Waals surface area contributed by atoms with Crippen molar-refractivity contribution in [1.29, 1.82) is 0 Å². The highest BCUT2D eigenvalue weighted by atomic mass is 16.7. The number of carbonyl (C=O) groups is 1. The molecule has 1 N–H and O–H groups in total. The fourth-order valence-electron chi connectivity index (χ4n) is 3.56. The van der Waals surface area contributed by atoms with Crippen molar-refractivity contribution < 1.29 is 14.3 Å². The van der Waals surface area contributed by atoms with Crippen molar-refractivity contribution in [2.75, 3.05) is 6.79 Å². The summed E-state index contributed by atoms with van der Waals surface area (Å²) in [6.07, 6.45) is 4.88. The van der Waals surface area contributed by atoms with Crippen molar-refractivity contribution in [3.8, 4) is 11.5 Å². The number of carbonyl (C=O) groups excluding carboxylic acids is 1. The number of hydrogen-bond donors (Lipinski definition) is 1. The normalized spacial score (nSPS) is 18.8. The minimum Gasteiger partial charge on any atom is -0.454 e. The van der Waals surface area contributed by atoms with Crippen molar-refractivity contribution in [3.05, 3.63) is 41.2 Å². The van der Waals surface area contributed by atoms with E-state index in [1.807, 2.05) is 6.20 Å². The van der Waals surface area contributed by atoms with E-state index < -0.39 is 0 Å². The Morgan fingerprint density at radius 1 is 1.28 bits per heavy atom. The van der Waals surface area contributed by atoms with Crippen molar-refractivity contribution in [3.63, 3.8) is 0 Å². The van der Waals surface area contributed by atoms with E-state index in [0.29, 0.717) is 17.1 Å². The molecule has 1 aliphatic carbocycles. The van der Waals surface area contributed by atoms with Crippen LogP contribution in [-0.4, -0.2) is 22.5 Å². The van der Waals surface area contributed by atoms with E-state index in [0.717, 1.165) is 24.8 Å². The molecule has 6 nitrogen and oxygen atoms in total. The number of nitrogens with one attached hydrogen (secondary N) is 1. The predicted molar refractivity (Wildman–Crippen MR) is 92.9 cm³/mol. The highest BCUT2D eigenvalue weighted by Gasteiger charge is 2.29. The van der Waals surface area contributed by atoms with Gasteiger partial charge in [-0.25, -0.2) is 0 Å². The van der Waals surface area contributed by atoms with Crippen LogP contribution < -0.4 is 14.8 Å². The van der Waals surface area contributed by atoms with E-state index >= 15 is 0 Å². The Labute approximate surface area is 147 Å². The highest BCUT2D eigenvalue weighted by Crippen LogP contribution is 2.34. The number of hydrogen-bond acceptors (Lipinski definition) is 4. The first-order valence-corrected chi connectivity index (χ1v) is 8.71. The maximum atomic E-state index is 12.7. The molecule has 6 heteroatoms. The molecule has 132 valence electrons. The average Bonchev–Trinajstić information content (AvgIpc) is 3.20. The van der Waals surface area contributed by atoms with E-state index in [1.165, 1.54) is 5.69 Å². The summed E-state index contributed by atoms with van der Waals surface area (Å²) in [5, 5.41) is 7.73. The fraction of sp³-hybridized carbons (Fsp3) is 0.474. The summed E-state index contributed by atoms with van der Waals surface area (Å²) < 4.78 is 12.7. The second-order valence-corrected chi connectivity index (χ2v) is 7.62. The molecule has 0 bridgehead atoms. The molecular weight excluding hydrogens is 318 g/mol. The summed E-state index contributed by atoms with van der Waals surface area (Å²) in [5.41, 5.74) is 2.89. The second kappa shape index (κ2) is 5.79. The molecule has 4 rings (SSSR count). The van der Waals surface area contributed by atoms with E-state index in [2.05, 4.69) is 35.9 Å². The lowest BCUT2D eigenvalue weighted by Crippen LogP contribution is -2.32. The van der Waals surface area contributed by atoms with Gasteiger partial charge in [0.2, 0.25) is 6.79 Å². The zero-order valence-corrected chi connectivity index (χ0v) is 14.8. The van der Waals surface area contributed by atoms with Gasteiger partial charge in [-0.2, -0.15) is 5.10 Å². The van der Waals surface area contributed by atoms with Gasteiger partial charge in [-0.1, -0.05) is 0 Å². The van der Waals surface area contributed by atoms with Gasteiger partial charge in [0.15, 0.2) is 11.5 Å². The maximum absolute atomic E-state index is 12.7. The molecule has 2 aliphatic rings. The van der Waals surface area contributed by atoms with E-state index in [1.54, 1.807) is 18.2 Å². The Balaban J connectivity index is 1.56. The van der Waals surface area contributed by atoms with Gasteiger partial charge in [-0.3, -0.25) is 9.48 Å². The summed E-state index contributed by atoms with van der Waals surface area (Å²) in [5.74, 6) is 1.21. The van der Waals surface area contributed by atoms with Gasteiger partial charge >= 0.3 is 0 Å². The molecule has 0 radical (unpaired) electrons. The van der Waals surface area contributed by atoms with Gasteiger partial charge in [0.05, 0.1) is 17.8 Å². The molecule has 25 heavy (non-hydrogen) atoms. The molecule has 0 fully saturated rings. The van der Waals surface area contributed by atoms with Crippen LogP contribution in [-0.2, 0) is 12.0 Å². The molecule has 1 aromatic carbocycles. The zero-order chi connectivity index (χ0) is 17.6. The summed E-state index contributed by atoms with van der Waals surface area (Å²) in [4.78, 5) is 12.7. The number of fused-ring (bicyclic) bond motifs is 2. The van der Waals surface area contributed by atoms with E-state index in [9.17, 15) is 4.79 Å². The topological polar surface area (TPSA) is 65.4 Å². The largest absolute Gasteiger partial charge is 0.454 e. The second-order valence-electron chi connectivity index (χ2n) is 7.62. The van der Waals surface area contributed by atoms with Crippen molar-refractivity contribution in [1.82, 2.24) is 15.1 Å². The third kappa shape index (κ3) is 2.86. The highest BCUT2D eigenvalue weighted by molar-refractivity contribution is 5.95. The molecule has 1 aliphatic heterocycles. The third-order valence-electron chi connectivity index (χ3n) is 4.76. The Morgan fingerprint density at radius 3 is 2.88 bits per heavy atom. The van der Waals surface area contributed by atoms with E-state index in [-0.39, 0.29) is 24.3 Å². The minimum absolute atomic E-state index is 0.00206. The molecule has 1 unspecified atom stereocenters. The molecule has 1 amide bonds. The van der Waals surface area contributed by atoms with Crippen molar-refractivity contribution in [2.24, 2.45) is 0 Å². The lowest BCUT2D eigenvalue weighted by Gasteiger charge is -2.28. The fourth-order valence-corrected chi connectivity index (χ4v) is 3.56. The lowest BCUT2D eigenvalue weighted by molar-refractivity contribution is 0.0932. The van der Waals surface area contributed by atoms with Crippen molar-refractivity contribution >= 4 is 5.91 Å². The summed E-state index contributed by atoms with van der Waals surface area (Å²) >= 11 is 0. The molecule has 1 atom stereocenters. The SMILES string of the molecule is CC(C)(C)n1ncc2c1CCCC2NC(=O)c1ccc2c(c1)OCO2. The number of amides is 1. The molecule has 2 heterocycles. The standard InChI is InChI=1S/C19H23N3O3/c1-19(2,3)22-15-6-4-5-14(13(15)10-20-22)21-18(23)12-7-8-16-17(9-12)25-11-24-16/h7-10,14H,4-6,11H2,1-3H3,(H,21,23). The smallest absolute Gasteiger partial charge is 0.251 e. The summed E-state index contributed by atoms with van der Waals surface area (Å²) in [6, 6.07) is 5.28. The summed E-state index contributed by atoms with van der Waals surface area (Å²) in [7, 11) is 0. The van der Waals surface area contributed by atoms with Crippen LogP contribution in [0.5, 0.6) is 11.5 Å². The maximum Gasteiger partial charge on any atom is 0.251 e. The molecule has 0 saturated carbocycles. The van der Waals surface area contributed by atoms with Crippen LogP contribution in [0, 0.1) is 0 Å². The van der Waals surface area contributed by atoms with Crippen molar-refractivity contribution in [2.45, 2.75) is 51.6 Å². The van der Waals surface area contributed by atoms with Gasteiger partial charge in [0.1, 0.15) is 0 Å². The average molecular weight is 341 g/mol. The Morgan fingerprint density at radius 2 is 2.08 bits per heavy atom. The zero-order valence-electron chi connectivity index (χ0n) is 14.8. The van der Waals surface area contributed by atoms with Crippen LogP contribution in [0.1, 0.15) is 61.3 Å². The first-order chi connectivity index (χ1) is 11.9. The number of benzene rings is 1. The molecule has 1 aromatic heterocycles. The number of nitrogens with zero attached hydrogens (tertiary/aromatic N) is 2. The Hall–Kier alpha value is -2.50. The Kier molecular flexibility index (Phi) is 3.71. The van der Waals surface area contributed by atoms with Gasteiger partial charge in [0, 0.05) is 16.8 Å². The number of ether oxygens (including phenoxy) is 2. The number of rotatable bonds is 2. The van der Waals surface area contributed by atoms with Crippen LogP contribution in [0.2, 0.25) is 0 Å². The van der Waals surface area contributed by atoms with Crippen LogP contribution in [0.15, 0.2) is 24.4 Å². The quantitative estimate of drug-likeness (QED) is 0.911. The minimum atomic E-state index is -0.0975. The summed E-state index contributed by atoms with van der Waals surface area (Å²) in [6.45, 7) is 6.65. The monoisotopic (exact) mass is 341 g/mol. The van der Waals surface area contributed by atoms with Crippen LogP contribution >= 0.6 is 0 Å². The first-order valence-electron chi connectivity index (χ1n) is 8.71. The molecule has 0 spiro atoms. The van der Waals surface area contributed by atoms with Gasteiger partial charge < -0.3 is 14.8 Å². The first kappa shape index (κ1) is 16.0.